The molecule has 26 heavy (non-hydrogen) atoms. The second-order valence-electron chi connectivity index (χ2n) is 5.99. The van der Waals surface area contributed by atoms with E-state index in [-0.39, 0.29) is 0 Å². The van der Waals surface area contributed by atoms with E-state index in [4.69, 9.17) is 15.0 Å². The minimum atomic E-state index is 0.639. The molecule has 0 amide bonds. The summed E-state index contributed by atoms with van der Waals surface area (Å²) in [4.78, 5) is 4.74. The van der Waals surface area contributed by atoms with Crippen molar-refractivity contribution in [2.75, 3.05) is 7.11 Å². The van der Waals surface area contributed by atoms with Crippen LogP contribution in [0.25, 0.3) is 33.2 Å². The van der Waals surface area contributed by atoms with E-state index in [1.54, 1.807) is 7.11 Å². The van der Waals surface area contributed by atoms with Crippen LogP contribution in [0.1, 0.15) is 5.56 Å². The second kappa shape index (κ2) is 6.70. The fourth-order valence-corrected chi connectivity index (χ4v) is 3.13. The Hall–Kier alpha value is -3.64. The molecule has 0 N–H and O–H groups in total. The average molecular weight is 336 g/mol. The first-order valence-corrected chi connectivity index (χ1v) is 8.33. The van der Waals surface area contributed by atoms with Gasteiger partial charge in [-0.2, -0.15) is 5.26 Å². The number of aromatic nitrogens is 1. The highest BCUT2D eigenvalue weighted by Gasteiger charge is 2.13. The van der Waals surface area contributed by atoms with Crippen LogP contribution in [0.5, 0.6) is 5.75 Å². The number of methoxy groups -OCH3 is 1. The summed E-state index contributed by atoms with van der Waals surface area (Å²) in [5.41, 5.74) is 4.68. The van der Waals surface area contributed by atoms with Crippen LogP contribution in [-0.2, 0) is 0 Å². The summed E-state index contributed by atoms with van der Waals surface area (Å²) >= 11 is 0. The Morgan fingerprint density at radius 2 is 1.54 bits per heavy atom. The van der Waals surface area contributed by atoms with Gasteiger partial charge in [0.05, 0.1) is 24.4 Å². The van der Waals surface area contributed by atoms with Crippen LogP contribution in [0, 0.1) is 11.3 Å². The van der Waals surface area contributed by atoms with E-state index < -0.39 is 0 Å². The fraction of sp³-hybridized carbons (Fsp3) is 0.0435. The van der Waals surface area contributed by atoms with Crippen molar-refractivity contribution in [1.29, 1.82) is 5.26 Å². The Balaban J connectivity index is 1.98. The van der Waals surface area contributed by atoms with E-state index in [1.165, 1.54) is 0 Å². The van der Waals surface area contributed by atoms with Crippen LogP contribution in [0.3, 0.4) is 0 Å². The minimum Gasteiger partial charge on any atom is -0.497 e. The van der Waals surface area contributed by atoms with Crippen LogP contribution in [0.15, 0.2) is 79.0 Å². The standard InChI is InChI=1S/C23H16N2O/c1-26-20-12-10-17(11-13-20)22-21-5-3-2-4-19(21)15-25-23(22)18-8-6-16(14-24)7-9-18/h2-13,15H,1H3. The van der Waals surface area contributed by atoms with Crippen molar-refractivity contribution >= 4 is 10.8 Å². The zero-order valence-electron chi connectivity index (χ0n) is 14.3. The zero-order valence-corrected chi connectivity index (χ0v) is 14.3. The maximum Gasteiger partial charge on any atom is 0.118 e. The van der Waals surface area contributed by atoms with E-state index in [9.17, 15) is 0 Å². The maximum absolute atomic E-state index is 9.04. The molecule has 3 aromatic carbocycles. The number of nitrogens with zero attached hydrogens (tertiary/aromatic N) is 2. The molecule has 0 unspecified atom stereocenters. The van der Waals surface area contributed by atoms with Crippen molar-refractivity contribution in [2.45, 2.75) is 0 Å². The average Bonchev–Trinajstić information content (AvgIpc) is 2.73. The highest BCUT2D eigenvalue weighted by Crippen LogP contribution is 2.37. The molecule has 0 aliphatic rings. The summed E-state index contributed by atoms with van der Waals surface area (Å²) in [6.07, 6.45) is 1.90. The molecule has 0 spiro atoms. The van der Waals surface area contributed by atoms with Gasteiger partial charge in [0.2, 0.25) is 0 Å². The van der Waals surface area contributed by atoms with Crippen molar-refractivity contribution < 1.29 is 4.74 Å². The third-order valence-electron chi connectivity index (χ3n) is 4.47. The van der Waals surface area contributed by atoms with E-state index in [2.05, 4.69) is 30.3 Å². The lowest BCUT2D eigenvalue weighted by molar-refractivity contribution is 0.415. The van der Waals surface area contributed by atoms with Gasteiger partial charge < -0.3 is 4.74 Å². The Morgan fingerprint density at radius 1 is 0.846 bits per heavy atom. The van der Waals surface area contributed by atoms with Crippen LogP contribution < -0.4 is 4.74 Å². The summed E-state index contributed by atoms with van der Waals surface area (Å²) in [5.74, 6) is 0.821. The van der Waals surface area contributed by atoms with Crippen LogP contribution in [0.4, 0.5) is 0 Å². The van der Waals surface area contributed by atoms with E-state index in [0.29, 0.717) is 5.56 Å². The predicted molar refractivity (Wildman–Crippen MR) is 104 cm³/mol. The number of pyridine rings is 1. The molecule has 0 atom stereocenters. The third kappa shape index (κ3) is 2.78. The number of fused-ring (bicyclic) bond motifs is 1. The Labute approximate surface area is 152 Å². The van der Waals surface area contributed by atoms with E-state index in [0.717, 1.165) is 38.9 Å². The summed E-state index contributed by atoms with van der Waals surface area (Å²) in [6.45, 7) is 0. The summed E-state index contributed by atoms with van der Waals surface area (Å²) < 4.78 is 5.29. The third-order valence-corrected chi connectivity index (χ3v) is 4.47. The quantitative estimate of drug-likeness (QED) is 0.500. The van der Waals surface area contributed by atoms with E-state index in [1.807, 2.05) is 54.7 Å². The fourth-order valence-electron chi connectivity index (χ4n) is 3.13. The largest absolute Gasteiger partial charge is 0.497 e. The molecule has 0 saturated heterocycles. The van der Waals surface area contributed by atoms with Gasteiger partial charge in [-0.3, -0.25) is 4.98 Å². The molecule has 1 aromatic heterocycles. The second-order valence-corrected chi connectivity index (χ2v) is 5.99. The molecular weight excluding hydrogens is 320 g/mol. The highest BCUT2D eigenvalue weighted by atomic mass is 16.5. The molecule has 4 rings (SSSR count). The topological polar surface area (TPSA) is 45.9 Å². The van der Waals surface area contributed by atoms with Crippen molar-refractivity contribution in [3.8, 4) is 34.2 Å². The van der Waals surface area contributed by atoms with Crippen LogP contribution >= 0.6 is 0 Å². The minimum absolute atomic E-state index is 0.639. The zero-order chi connectivity index (χ0) is 17.9. The lowest BCUT2D eigenvalue weighted by Crippen LogP contribution is -1.92. The van der Waals surface area contributed by atoms with E-state index >= 15 is 0 Å². The number of ether oxygens (including phenoxy) is 1. The molecular formula is C23H16N2O. The van der Waals surface area contributed by atoms with Gasteiger partial charge in [-0.05, 0) is 35.2 Å². The number of rotatable bonds is 3. The number of nitriles is 1. The van der Waals surface area contributed by atoms with Crippen molar-refractivity contribution in [2.24, 2.45) is 0 Å². The summed E-state index contributed by atoms with van der Waals surface area (Å²) in [5, 5.41) is 11.3. The smallest absolute Gasteiger partial charge is 0.118 e. The summed E-state index contributed by atoms with van der Waals surface area (Å²) in [7, 11) is 1.66. The first-order valence-electron chi connectivity index (χ1n) is 8.33. The Bertz CT molecular complexity index is 1110. The molecule has 0 aliphatic heterocycles. The maximum atomic E-state index is 9.04. The monoisotopic (exact) mass is 336 g/mol. The van der Waals surface area contributed by atoms with Gasteiger partial charge in [0.25, 0.3) is 0 Å². The molecule has 3 heteroatoms. The SMILES string of the molecule is COc1ccc(-c2c(-c3ccc(C#N)cc3)ncc3ccccc23)cc1. The number of benzene rings is 3. The molecule has 124 valence electrons. The first-order chi connectivity index (χ1) is 12.8. The Morgan fingerprint density at radius 3 is 2.23 bits per heavy atom. The molecule has 0 fully saturated rings. The lowest BCUT2D eigenvalue weighted by Gasteiger charge is -2.13. The van der Waals surface area contributed by atoms with Gasteiger partial charge >= 0.3 is 0 Å². The number of hydrogen-bond acceptors (Lipinski definition) is 3. The molecule has 0 aliphatic carbocycles. The highest BCUT2D eigenvalue weighted by molar-refractivity contribution is 6.02. The Kier molecular flexibility index (Phi) is 4.09. The van der Waals surface area contributed by atoms with Crippen LogP contribution in [0.2, 0.25) is 0 Å². The van der Waals surface area contributed by atoms with Gasteiger partial charge in [-0.1, -0.05) is 48.5 Å². The van der Waals surface area contributed by atoms with Gasteiger partial charge in [0.1, 0.15) is 5.75 Å². The first kappa shape index (κ1) is 15.9. The van der Waals surface area contributed by atoms with Gasteiger partial charge in [-0.25, -0.2) is 0 Å². The normalized spacial score (nSPS) is 10.5. The summed E-state index contributed by atoms with van der Waals surface area (Å²) in [6, 6.07) is 26.0. The lowest BCUT2D eigenvalue weighted by atomic mass is 9.94. The molecule has 0 radical (unpaired) electrons. The predicted octanol–water partition coefficient (Wildman–Crippen LogP) is 5.45. The van der Waals surface area contributed by atoms with Gasteiger partial charge in [0, 0.05) is 22.7 Å². The molecule has 0 bridgehead atoms. The van der Waals surface area contributed by atoms with Crippen molar-refractivity contribution in [3.05, 3.63) is 84.6 Å². The number of hydrogen-bond donors (Lipinski definition) is 0. The molecule has 0 saturated carbocycles. The van der Waals surface area contributed by atoms with Gasteiger partial charge in [0.15, 0.2) is 0 Å². The molecule has 4 aromatic rings. The molecule has 3 nitrogen and oxygen atoms in total. The van der Waals surface area contributed by atoms with Gasteiger partial charge in [-0.15, -0.1) is 0 Å². The van der Waals surface area contributed by atoms with Crippen LogP contribution in [-0.4, -0.2) is 12.1 Å². The molecule has 1 heterocycles. The van der Waals surface area contributed by atoms with Crippen molar-refractivity contribution in [3.63, 3.8) is 0 Å². The van der Waals surface area contributed by atoms with Crippen molar-refractivity contribution in [1.82, 2.24) is 4.98 Å².